The van der Waals surface area contributed by atoms with E-state index in [-0.39, 0.29) is 0 Å². The Morgan fingerprint density at radius 2 is 2.12 bits per heavy atom. The van der Waals surface area contributed by atoms with Crippen molar-refractivity contribution in [1.82, 2.24) is 10.2 Å². The quantitative estimate of drug-likeness (QED) is 0.889. The van der Waals surface area contributed by atoms with Gasteiger partial charge in [0.25, 0.3) is 0 Å². The minimum atomic E-state index is -0.898. The summed E-state index contributed by atoms with van der Waals surface area (Å²) in [7, 11) is 0. The van der Waals surface area contributed by atoms with Gasteiger partial charge in [-0.2, -0.15) is 0 Å². The number of nitrogens with zero attached hydrogens (tertiary/aromatic N) is 1. The van der Waals surface area contributed by atoms with E-state index in [4.69, 9.17) is 5.11 Å². The standard InChI is InChI=1S/C12H15BrN2O2/c13-11-7-9(1-2-10(11)12(16)17)8-15-5-3-14-4-6-15/h1-2,7,14H,3-6,8H2,(H,16,17). The molecule has 0 amide bonds. The molecular formula is C12H15BrN2O2. The average Bonchev–Trinajstić information content (AvgIpc) is 2.30. The maximum Gasteiger partial charge on any atom is 0.336 e. The molecule has 1 fully saturated rings. The van der Waals surface area contributed by atoms with Crippen molar-refractivity contribution in [2.24, 2.45) is 0 Å². The van der Waals surface area contributed by atoms with Crippen LogP contribution >= 0.6 is 15.9 Å². The smallest absolute Gasteiger partial charge is 0.336 e. The summed E-state index contributed by atoms with van der Waals surface area (Å²) in [5.41, 5.74) is 1.46. The number of nitrogens with one attached hydrogen (secondary N) is 1. The molecule has 0 aliphatic carbocycles. The SMILES string of the molecule is O=C(O)c1ccc(CN2CCNCC2)cc1Br. The summed E-state index contributed by atoms with van der Waals surface area (Å²) in [4.78, 5) is 13.2. The number of rotatable bonds is 3. The van der Waals surface area contributed by atoms with Gasteiger partial charge >= 0.3 is 5.97 Å². The van der Waals surface area contributed by atoms with E-state index in [9.17, 15) is 4.79 Å². The van der Waals surface area contributed by atoms with Crippen molar-refractivity contribution in [1.29, 1.82) is 0 Å². The van der Waals surface area contributed by atoms with Crippen LogP contribution in [0.2, 0.25) is 0 Å². The first-order valence-corrected chi connectivity index (χ1v) is 6.41. The second kappa shape index (κ2) is 5.62. The summed E-state index contributed by atoms with van der Waals surface area (Å²) in [6.07, 6.45) is 0. The Morgan fingerprint density at radius 3 is 2.71 bits per heavy atom. The van der Waals surface area contributed by atoms with E-state index in [1.165, 1.54) is 0 Å². The topological polar surface area (TPSA) is 52.6 Å². The van der Waals surface area contributed by atoms with Crippen LogP contribution in [0.1, 0.15) is 15.9 Å². The molecule has 0 saturated carbocycles. The number of aromatic carboxylic acids is 1. The fraction of sp³-hybridized carbons (Fsp3) is 0.417. The molecule has 0 radical (unpaired) electrons. The second-order valence-electron chi connectivity index (χ2n) is 4.15. The molecule has 2 rings (SSSR count). The van der Waals surface area contributed by atoms with Gasteiger partial charge in [0.05, 0.1) is 5.56 Å². The van der Waals surface area contributed by atoms with Crippen LogP contribution < -0.4 is 5.32 Å². The molecule has 1 aromatic rings. The molecule has 17 heavy (non-hydrogen) atoms. The third-order valence-electron chi connectivity index (χ3n) is 2.88. The maximum absolute atomic E-state index is 10.9. The van der Waals surface area contributed by atoms with Crippen molar-refractivity contribution in [3.8, 4) is 0 Å². The van der Waals surface area contributed by atoms with Crippen LogP contribution in [0.5, 0.6) is 0 Å². The summed E-state index contributed by atoms with van der Waals surface area (Å²) in [5.74, 6) is -0.898. The van der Waals surface area contributed by atoms with Gasteiger partial charge in [-0.05, 0) is 33.6 Å². The van der Waals surface area contributed by atoms with E-state index >= 15 is 0 Å². The summed E-state index contributed by atoms with van der Waals surface area (Å²) in [6, 6.07) is 5.44. The maximum atomic E-state index is 10.9. The molecule has 92 valence electrons. The molecule has 1 aromatic carbocycles. The Labute approximate surface area is 109 Å². The normalized spacial score (nSPS) is 17.0. The third kappa shape index (κ3) is 3.28. The van der Waals surface area contributed by atoms with Gasteiger partial charge in [-0.1, -0.05) is 6.07 Å². The first kappa shape index (κ1) is 12.5. The van der Waals surface area contributed by atoms with Crippen molar-refractivity contribution in [3.05, 3.63) is 33.8 Å². The Bertz CT molecular complexity index is 417. The molecule has 2 N–H and O–H groups in total. The molecule has 5 heteroatoms. The Kier molecular flexibility index (Phi) is 4.15. The number of hydrogen-bond donors (Lipinski definition) is 2. The van der Waals surface area contributed by atoms with Gasteiger partial charge in [-0.3, -0.25) is 4.90 Å². The van der Waals surface area contributed by atoms with Crippen molar-refractivity contribution in [2.75, 3.05) is 26.2 Å². The predicted octanol–water partition coefficient (Wildman–Crippen LogP) is 1.55. The minimum absolute atomic E-state index is 0.314. The third-order valence-corrected chi connectivity index (χ3v) is 3.54. The molecule has 0 aromatic heterocycles. The summed E-state index contributed by atoms with van der Waals surface area (Å²) >= 11 is 3.30. The van der Waals surface area contributed by atoms with E-state index in [0.29, 0.717) is 10.0 Å². The van der Waals surface area contributed by atoms with Gasteiger partial charge in [-0.25, -0.2) is 4.79 Å². The lowest BCUT2D eigenvalue weighted by Crippen LogP contribution is -2.42. The Morgan fingerprint density at radius 1 is 1.41 bits per heavy atom. The fourth-order valence-electron chi connectivity index (χ4n) is 1.96. The van der Waals surface area contributed by atoms with Gasteiger partial charge in [-0.15, -0.1) is 0 Å². The van der Waals surface area contributed by atoms with Crippen LogP contribution in [0.15, 0.2) is 22.7 Å². The Hall–Kier alpha value is -0.910. The molecule has 0 atom stereocenters. The van der Waals surface area contributed by atoms with Crippen molar-refractivity contribution in [2.45, 2.75) is 6.54 Å². The zero-order valence-electron chi connectivity index (χ0n) is 9.45. The molecule has 0 bridgehead atoms. The average molecular weight is 299 g/mol. The first-order valence-electron chi connectivity index (χ1n) is 5.61. The van der Waals surface area contributed by atoms with Crippen LogP contribution in [0.3, 0.4) is 0 Å². The fourth-order valence-corrected chi connectivity index (χ4v) is 2.55. The predicted molar refractivity (Wildman–Crippen MR) is 69.2 cm³/mol. The van der Waals surface area contributed by atoms with Crippen LogP contribution in [-0.2, 0) is 6.54 Å². The number of halogens is 1. The summed E-state index contributed by atoms with van der Waals surface area (Å²) in [6.45, 7) is 5.00. The number of carboxylic acid groups (broad SMARTS) is 1. The van der Waals surface area contributed by atoms with Gasteiger partial charge in [0.1, 0.15) is 0 Å². The molecule has 1 saturated heterocycles. The lowest BCUT2D eigenvalue weighted by atomic mass is 10.1. The number of carbonyl (C=O) groups is 1. The molecule has 0 unspecified atom stereocenters. The molecule has 1 aliphatic heterocycles. The molecule has 4 nitrogen and oxygen atoms in total. The monoisotopic (exact) mass is 298 g/mol. The largest absolute Gasteiger partial charge is 0.478 e. The zero-order valence-corrected chi connectivity index (χ0v) is 11.0. The van der Waals surface area contributed by atoms with Crippen molar-refractivity contribution in [3.63, 3.8) is 0 Å². The summed E-state index contributed by atoms with van der Waals surface area (Å²) in [5, 5.41) is 12.2. The first-order chi connectivity index (χ1) is 8.16. The van der Waals surface area contributed by atoms with Gasteiger partial charge in [0.2, 0.25) is 0 Å². The zero-order chi connectivity index (χ0) is 12.3. The molecule has 0 spiro atoms. The van der Waals surface area contributed by atoms with Crippen molar-refractivity contribution < 1.29 is 9.90 Å². The molecule has 1 heterocycles. The van der Waals surface area contributed by atoms with E-state index in [2.05, 4.69) is 26.1 Å². The highest BCUT2D eigenvalue weighted by Crippen LogP contribution is 2.19. The van der Waals surface area contributed by atoms with E-state index in [0.717, 1.165) is 38.3 Å². The van der Waals surface area contributed by atoms with E-state index < -0.39 is 5.97 Å². The van der Waals surface area contributed by atoms with Crippen LogP contribution in [-0.4, -0.2) is 42.2 Å². The summed E-state index contributed by atoms with van der Waals surface area (Å²) < 4.78 is 0.651. The number of hydrogen-bond acceptors (Lipinski definition) is 3. The highest BCUT2D eigenvalue weighted by molar-refractivity contribution is 9.10. The van der Waals surface area contributed by atoms with E-state index in [1.807, 2.05) is 12.1 Å². The van der Waals surface area contributed by atoms with E-state index in [1.54, 1.807) is 6.07 Å². The van der Waals surface area contributed by atoms with Crippen LogP contribution in [0.4, 0.5) is 0 Å². The lowest BCUT2D eigenvalue weighted by molar-refractivity contribution is 0.0696. The number of carboxylic acids is 1. The number of benzene rings is 1. The number of piperazine rings is 1. The highest BCUT2D eigenvalue weighted by atomic mass is 79.9. The van der Waals surface area contributed by atoms with Crippen molar-refractivity contribution >= 4 is 21.9 Å². The van der Waals surface area contributed by atoms with Gasteiger partial charge in [0, 0.05) is 37.2 Å². The minimum Gasteiger partial charge on any atom is -0.478 e. The van der Waals surface area contributed by atoms with Gasteiger partial charge < -0.3 is 10.4 Å². The highest BCUT2D eigenvalue weighted by Gasteiger charge is 2.12. The second-order valence-corrected chi connectivity index (χ2v) is 5.00. The molecule has 1 aliphatic rings. The Balaban J connectivity index is 2.06. The lowest BCUT2D eigenvalue weighted by Gasteiger charge is -2.27. The van der Waals surface area contributed by atoms with Crippen LogP contribution in [0, 0.1) is 0 Å². The molecular weight excluding hydrogens is 284 g/mol. The van der Waals surface area contributed by atoms with Gasteiger partial charge in [0.15, 0.2) is 0 Å². The van der Waals surface area contributed by atoms with Crippen LogP contribution in [0.25, 0.3) is 0 Å².